The van der Waals surface area contributed by atoms with E-state index in [1.807, 2.05) is 0 Å². The fourth-order valence-electron chi connectivity index (χ4n) is 0.894. The van der Waals surface area contributed by atoms with Gasteiger partial charge in [-0.1, -0.05) is 0 Å². The molecule has 1 fully saturated rings. The lowest BCUT2D eigenvalue weighted by atomic mass is 10.4. The first-order chi connectivity index (χ1) is 3.93. The second-order valence-electron chi connectivity index (χ2n) is 2.05. The molecule has 3 heteroatoms. The van der Waals surface area contributed by atoms with Crippen molar-refractivity contribution in [1.29, 1.82) is 0 Å². The summed E-state index contributed by atoms with van der Waals surface area (Å²) in [6, 6.07) is 0. The van der Waals surface area contributed by atoms with Crippen LogP contribution in [0.1, 0.15) is 0 Å². The van der Waals surface area contributed by atoms with E-state index in [-0.39, 0.29) is 0 Å². The van der Waals surface area contributed by atoms with Crippen LogP contribution in [0, 0.1) is 0 Å². The minimum atomic E-state index is 0.710. The highest BCUT2D eigenvalue weighted by molar-refractivity contribution is 4.64. The molecule has 0 amide bonds. The topological polar surface area (TPSA) is 41.3 Å². The molecule has 0 aromatic carbocycles. The second-order valence-corrected chi connectivity index (χ2v) is 2.05. The summed E-state index contributed by atoms with van der Waals surface area (Å²) < 4.78 is 0. The van der Waals surface area contributed by atoms with E-state index >= 15 is 0 Å². The summed E-state index contributed by atoms with van der Waals surface area (Å²) in [7, 11) is 0. The molecule has 0 spiro atoms. The Kier molecular flexibility index (Phi) is 2.27. The Morgan fingerprint density at radius 1 is 1.38 bits per heavy atom. The van der Waals surface area contributed by atoms with Gasteiger partial charge in [0.25, 0.3) is 0 Å². The number of nitrogens with zero attached hydrogens (tertiary/aromatic N) is 1. The zero-order chi connectivity index (χ0) is 5.82. The van der Waals surface area contributed by atoms with Crippen molar-refractivity contribution in [3.63, 3.8) is 0 Å². The van der Waals surface area contributed by atoms with Gasteiger partial charge >= 0.3 is 0 Å². The minimum Gasteiger partial charge on any atom is -0.318 e. The normalized spacial score (nSPS) is 23.6. The zero-order valence-corrected chi connectivity index (χ0v) is 5.06. The molecule has 1 saturated heterocycles. The lowest BCUT2D eigenvalue weighted by Gasteiger charge is -2.24. The summed E-state index contributed by atoms with van der Waals surface area (Å²) in [5.41, 5.74) is 5.40. The summed E-state index contributed by atoms with van der Waals surface area (Å²) in [5.74, 6) is 0. The number of nitrogens with two attached hydrogens (primary N) is 1. The Hall–Kier alpha value is -0.120. The number of rotatable bonds is 1. The van der Waals surface area contributed by atoms with Crippen molar-refractivity contribution in [2.45, 2.75) is 0 Å². The maximum absolute atomic E-state index is 5.40. The van der Waals surface area contributed by atoms with Crippen LogP contribution in [-0.4, -0.2) is 37.7 Å². The first-order valence-corrected chi connectivity index (χ1v) is 3.06. The van der Waals surface area contributed by atoms with Gasteiger partial charge in [0.05, 0.1) is 0 Å². The molecule has 0 aliphatic carbocycles. The van der Waals surface area contributed by atoms with Crippen molar-refractivity contribution in [1.82, 2.24) is 10.2 Å². The Labute approximate surface area is 49.8 Å². The molecule has 3 nitrogen and oxygen atoms in total. The Morgan fingerprint density at radius 2 is 2.00 bits per heavy atom. The van der Waals surface area contributed by atoms with Crippen LogP contribution in [0.25, 0.3) is 0 Å². The van der Waals surface area contributed by atoms with Gasteiger partial charge < -0.3 is 11.1 Å². The van der Waals surface area contributed by atoms with E-state index < -0.39 is 0 Å². The number of hydrogen-bond acceptors (Lipinski definition) is 3. The number of piperazine rings is 1. The van der Waals surface area contributed by atoms with Crippen LogP contribution in [0.15, 0.2) is 0 Å². The van der Waals surface area contributed by atoms with Crippen LogP contribution in [0.3, 0.4) is 0 Å². The van der Waals surface area contributed by atoms with Crippen molar-refractivity contribution >= 4 is 0 Å². The van der Waals surface area contributed by atoms with E-state index in [9.17, 15) is 0 Å². The van der Waals surface area contributed by atoms with Gasteiger partial charge in [-0.25, -0.2) is 0 Å². The molecular weight excluding hydrogens is 102 g/mol. The van der Waals surface area contributed by atoms with Crippen LogP contribution in [0.2, 0.25) is 0 Å². The van der Waals surface area contributed by atoms with Crippen molar-refractivity contribution in [2.24, 2.45) is 5.73 Å². The molecule has 0 aromatic rings. The highest BCUT2D eigenvalue weighted by atomic mass is 15.2. The first-order valence-electron chi connectivity index (χ1n) is 3.06. The molecule has 0 atom stereocenters. The maximum Gasteiger partial charge on any atom is 0.0456 e. The Morgan fingerprint density at radius 3 is 2.38 bits per heavy atom. The molecule has 0 bridgehead atoms. The fraction of sp³-hybridized carbons (Fsp3) is 1.00. The predicted molar refractivity (Wildman–Crippen MR) is 33.5 cm³/mol. The fourth-order valence-corrected chi connectivity index (χ4v) is 0.894. The third kappa shape index (κ3) is 1.43. The van der Waals surface area contributed by atoms with Crippen molar-refractivity contribution in [3.8, 4) is 0 Å². The zero-order valence-electron chi connectivity index (χ0n) is 5.06. The van der Waals surface area contributed by atoms with E-state index in [0.29, 0.717) is 6.67 Å². The van der Waals surface area contributed by atoms with E-state index in [1.54, 1.807) is 0 Å². The van der Waals surface area contributed by atoms with E-state index in [4.69, 9.17) is 5.73 Å². The molecule has 8 heavy (non-hydrogen) atoms. The van der Waals surface area contributed by atoms with E-state index in [1.165, 1.54) is 0 Å². The lowest BCUT2D eigenvalue weighted by Crippen LogP contribution is -2.45. The third-order valence-corrected chi connectivity index (χ3v) is 1.47. The number of nitrogens with one attached hydrogen (secondary N) is 1. The molecular formula is C5H13N3. The van der Waals surface area contributed by atoms with Gasteiger partial charge in [0.15, 0.2) is 0 Å². The summed E-state index contributed by atoms with van der Waals surface area (Å²) in [6.07, 6.45) is 0. The van der Waals surface area contributed by atoms with Gasteiger partial charge in [0.2, 0.25) is 0 Å². The molecule has 3 N–H and O–H groups in total. The van der Waals surface area contributed by atoms with Gasteiger partial charge in [-0.2, -0.15) is 0 Å². The van der Waals surface area contributed by atoms with Crippen molar-refractivity contribution in [3.05, 3.63) is 0 Å². The molecule has 1 heterocycles. The Bertz CT molecular complexity index is 58.7. The standard InChI is InChI=1S/C5H13N3/c6-5-8-3-1-7-2-4-8/h7H,1-6H2. The van der Waals surface area contributed by atoms with Crippen molar-refractivity contribution < 1.29 is 0 Å². The molecule has 0 saturated carbocycles. The molecule has 0 unspecified atom stereocenters. The van der Waals surface area contributed by atoms with Crippen LogP contribution in [0.4, 0.5) is 0 Å². The van der Waals surface area contributed by atoms with Gasteiger partial charge in [-0.3, -0.25) is 4.90 Å². The SMILES string of the molecule is NCN1CCNCC1. The van der Waals surface area contributed by atoms with Gasteiger partial charge in [-0.05, 0) is 0 Å². The monoisotopic (exact) mass is 115 g/mol. The van der Waals surface area contributed by atoms with E-state index in [2.05, 4.69) is 10.2 Å². The molecule has 0 aromatic heterocycles. The summed E-state index contributed by atoms with van der Waals surface area (Å²) >= 11 is 0. The minimum absolute atomic E-state index is 0.710. The molecule has 1 aliphatic rings. The van der Waals surface area contributed by atoms with E-state index in [0.717, 1.165) is 26.2 Å². The highest BCUT2D eigenvalue weighted by Crippen LogP contribution is 1.85. The largest absolute Gasteiger partial charge is 0.318 e. The predicted octanol–water partition coefficient (Wildman–Crippen LogP) is -1.19. The third-order valence-electron chi connectivity index (χ3n) is 1.47. The van der Waals surface area contributed by atoms with Gasteiger partial charge in [0.1, 0.15) is 0 Å². The highest BCUT2D eigenvalue weighted by Gasteiger charge is 2.04. The van der Waals surface area contributed by atoms with Gasteiger partial charge in [0, 0.05) is 32.8 Å². The summed E-state index contributed by atoms with van der Waals surface area (Å²) in [4.78, 5) is 2.23. The Balaban J connectivity index is 2.13. The van der Waals surface area contributed by atoms with Gasteiger partial charge in [-0.15, -0.1) is 0 Å². The molecule has 48 valence electrons. The summed E-state index contributed by atoms with van der Waals surface area (Å²) in [5, 5.41) is 3.25. The van der Waals surface area contributed by atoms with Crippen LogP contribution >= 0.6 is 0 Å². The quantitative estimate of drug-likeness (QED) is 0.451. The first kappa shape index (κ1) is 6.01. The van der Waals surface area contributed by atoms with Crippen LogP contribution in [-0.2, 0) is 0 Å². The number of hydrogen-bond donors (Lipinski definition) is 2. The average molecular weight is 115 g/mol. The molecule has 0 radical (unpaired) electrons. The van der Waals surface area contributed by atoms with Crippen LogP contribution < -0.4 is 11.1 Å². The molecule has 1 rings (SSSR count). The van der Waals surface area contributed by atoms with Crippen molar-refractivity contribution in [2.75, 3.05) is 32.8 Å². The lowest BCUT2D eigenvalue weighted by molar-refractivity contribution is 0.247. The average Bonchev–Trinajstić information content (AvgIpc) is 1.90. The smallest absolute Gasteiger partial charge is 0.0456 e. The van der Waals surface area contributed by atoms with Crippen LogP contribution in [0.5, 0.6) is 0 Å². The maximum atomic E-state index is 5.40. The molecule has 1 aliphatic heterocycles. The summed E-state index contributed by atoms with van der Waals surface area (Å²) in [6.45, 7) is 5.11. The second kappa shape index (κ2) is 3.02.